The molecule has 34 heavy (non-hydrogen) atoms. The second-order valence-corrected chi connectivity index (χ2v) is 13.6. The maximum atomic E-state index is 12.8. The molecule has 1 aliphatic carbocycles. The van der Waals surface area contributed by atoms with Gasteiger partial charge in [-0.15, -0.1) is 0 Å². The Morgan fingerprint density at radius 3 is 1.85 bits per heavy atom. The van der Waals surface area contributed by atoms with Crippen LogP contribution in [0.5, 0.6) is 0 Å². The van der Waals surface area contributed by atoms with E-state index in [1.807, 2.05) is 6.92 Å². The fraction of sp³-hybridized carbons (Fsp3) is 0.690. The van der Waals surface area contributed by atoms with Crippen molar-refractivity contribution in [3.63, 3.8) is 0 Å². The van der Waals surface area contributed by atoms with E-state index in [0.29, 0.717) is 24.2 Å². The van der Waals surface area contributed by atoms with Crippen LogP contribution in [0.2, 0.25) is 0 Å². The van der Waals surface area contributed by atoms with E-state index in [9.17, 15) is 13.2 Å². The van der Waals surface area contributed by atoms with Gasteiger partial charge in [-0.2, -0.15) is 0 Å². The minimum atomic E-state index is -3.21. The van der Waals surface area contributed by atoms with Gasteiger partial charge < -0.3 is 4.74 Å². The van der Waals surface area contributed by atoms with E-state index in [-0.39, 0.29) is 17.8 Å². The van der Waals surface area contributed by atoms with Gasteiger partial charge in [0.05, 0.1) is 17.5 Å². The molecule has 4 nitrogen and oxygen atoms in total. The van der Waals surface area contributed by atoms with Crippen LogP contribution in [-0.4, -0.2) is 31.8 Å². The Morgan fingerprint density at radius 1 is 0.971 bits per heavy atom. The molecule has 0 aliphatic heterocycles. The summed E-state index contributed by atoms with van der Waals surface area (Å²) in [5.41, 5.74) is 5.94. The second kappa shape index (κ2) is 11.5. The topological polar surface area (TPSA) is 60.4 Å². The van der Waals surface area contributed by atoms with Crippen molar-refractivity contribution < 1.29 is 17.9 Å². The molecule has 0 bridgehead atoms. The molecule has 0 spiro atoms. The number of carbonyl (C=O) groups is 1. The van der Waals surface area contributed by atoms with Gasteiger partial charge >= 0.3 is 0 Å². The Morgan fingerprint density at radius 2 is 1.47 bits per heavy atom. The van der Waals surface area contributed by atoms with Crippen molar-refractivity contribution in [2.75, 3.05) is 6.26 Å². The number of Topliss-reactive ketones (excluding diaryl/α,β-unsaturated/α-hetero) is 1. The highest BCUT2D eigenvalue weighted by Crippen LogP contribution is 2.39. The molecule has 0 amide bonds. The van der Waals surface area contributed by atoms with Gasteiger partial charge in [-0.3, -0.25) is 4.79 Å². The van der Waals surface area contributed by atoms with Gasteiger partial charge in [-0.1, -0.05) is 59.8 Å². The lowest BCUT2D eigenvalue weighted by Crippen LogP contribution is -2.25. The van der Waals surface area contributed by atoms with Crippen molar-refractivity contribution in [1.82, 2.24) is 0 Å². The Balaban J connectivity index is 2.50. The lowest BCUT2D eigenvalue weighted by molar-refractivity contribution is -0.123. The highest BCUT2D eigenvalue weighted by molar-refractivity contribution is 7.91. The highest BCUT2D eigenvalue weighted by Gasteiger charge is 2.33. The SMILES string of the molecule is C/C(=C/[C@H](C)S(C)(=O)=O)[C@H](CC(=O)C1CC1)O[C@@H](C)c1c(C(C)C)cc(C(C)C)cc1C(C)C. The number of ether oxygens (including phenoxy) is 1. The largest absolute Gasteiger partial charge is 0.366 e. The number of rotatable bonds is 12. The first-order valence-corrected chi connectivity index (χ1v) is 14.8. The molecule has 1 saturated carbocycles. The number of benzene rings is 1. The lowest BCUT2D eigenvalue weighted by Gasteiger charge is -2.30. The summed E-state index contributed by atoms with van der Waals surface area (Å²) in [5.74, 6) is 1.48. The summed E-state index contributed by atoms with van der Waals surface area (Å²) in [6.45, 7) is 19.0. The Labute approximate surface area is 208 Å². The van der Waals surface area contributed by atoms with Crippen molar-refractivity contribution in [2.45, 2.75) is 117 Å². The van der Waals surface area contributed by atoms with Crippen LogP contribution in [-0.2, 0) is 19.4 Å². The summed E-state index contributed by atoms with van der Waals surface area (Å²) < 4.78 is 30.8. The van der Waals surface area contributed by atoms with Crippen LogP contribution < -0.4 is 0 Å². The number of hydrogen-bond acceptors (Lipinski definition) is 4. The first-order chi connectivity index (χ1) is 15.6. The molecule has 0 N–H and O–H groups in total. The van der Waals surface area contributed by atoms with Gasteiger partial charge in [-0.05, 0) is 79.2 Å². The van der Waals surface area contributed by atoms with Gasteiger partial charge in [0.1, 0.15) is 5.78 Å². The van der Waals surface area contributed by atoms with E-state index in [2.05, 4.69) is 60.6 Å². The Kier molecular flexibility index (Phi) is 9.75. The average molecular weight is 491 g/mol. The second-order valence-electron chi connectivity index (χ2n) is 11.2. The van der Waals surface area contributed by atoms with Crippen LogP contribution in [0, 0.1) is 5.92 Å². The molecule has 2 rings (SSSR count). The van der Waals surface area contributed by atoms with Crippen LogP contribution in [0.1, 0.15) is 128 Å². The fourth-order valence-electron chi connectivity index (χ4n) is 4.47. The quantitative estimate of drug-likeness (QED) is 0.289. The van der Waals surface area contributed by atoms with Crippen LogP contribution in [0.4, 0.5) is 0 Å². The summed E-state index contributed by atoms with van der Waals surface area (Å²) in [6, 6.07) is 4.63. The molecule has 1 aromatic carbocycles. The van der Waals surface area contributed by atoms with Crippen LogP contribution in [0.15, 0.2) is 23.8 Å². The lowest BCUT2D eigenvalue weighted by atomic mass is 9.82. The summed E-state index contributed by atoms with van der Waals surface area (Å²) in [4.78, 5) is 12.8. The number of ketones is 1. The summed E-state index contributed by atoms with van der Waals surface area (Å²) in [6.07, 6.45) is 4.55. The zero-order chi connectivity index (χ0) is 26.0. The zero-order valence-electron chi connectivity index (χ0n) is 22.9. The third-order valence-electron chi connectivity index (χ3n) is 7.05. The number of carbonyl (C=O) groups excluding carboxylic acids is 1. The number of sulfone groups is 1. The molecular weight excluding hydrogens is 444 g/mol. The van der Waals surface area contributed by atoms with E-state index in [4.69, 9.17) is 4.74 Å². The van der Waals surface area contributed by atoms with Gasteiger partial charge in [0, 0.05) is 18.6 Å². The smallest absolute Gasteiger partial charge is 0.153 e. The third-order valence-corrected chi connectivity index (χ3v) is 8.54. The molecule has 3 atom stereocenters. The zero-order valence-corrected chi connectivity index (χ0v) is 23.8. The molecule has 0 radical (unpaired) electrons. The van der Waals surface area contributed by atoms with Crippen molar-refractivity contribution in [1.29, 1.82) is 0 Å². The summed E-state index contributed by atoms with van der Waals surface area (Å²) >= 11 is 0. The predicted octanol–water partition coefficient (Wildman–Crippen LogP) is 7.25. The van der Waals surface area contributed by atoms with Crippen LogP contribution in [0.25, 0.3) is 0 Å². The van der Waals surface area contributed by atoms with Crippen LogP contribution >= 0.6 is 0 Å². The molecule has 1 aliphatic rings. The monoisotopic (exact) mass is 490 g/mol. The molecule has 1 aromatic rings. The molecular formula is C29H46O4S. The van der Waals surface area contributed by atoms with Gasteiger partial charge in [0.25, 0.3) is 0 Å². The van der Waals surface area contributed by atoms with E-state index in [0.717, 1.165) is 18.4 Å². The molecule has 0 saturated heterocycles. The third kappa shape index (κ3) is 7.52. The number of hydrogen-bond donors (Lipinski definition) is 0. The van der Waals surface area contributed by atoms with Gasteiger partial charge in [-0.25, -0.2) is 8.42 Å². The average Bonchev–Trinajstić information content (AvgIpc) is 3.56. The minimum absolute atomic E-state index is 0.143. The molecule has 0 aromatic heterocycles. The first-order valence-electron chi connectivity index (χ1n) is 12.9. The molecule has 192 valence electrons. The van der Waals surface area contributed by atoms with E-state index < -0.39 is 21.2 Å². The van der Waals surface area contributed by atoms with Crippen molar-refractivity contribution in [3.8, 4) is 0 Å². The minimum Gasteiger partial charge on any atom is -0.366 e. The van der Waals surface area contributed by atoms with E-state index in [1.54, 1.807) is 13.0 Å². The van der Waals surface area contributed by atoms with Crippen LogP contribution in [0.3, 0.4) is 0 Å². The van der Waals surface area contributed by atoms with Crippen molar-refractivity contribution >= 4 is 15.6 Å². The molecule has 5 heteroatoms. The highest BCUT2D eigenvalue weighted by atomic mass is 32.2. The Hall–Kier alpha value is -1.46. The maximum Gasteiger partial charge on any atom is 0.153 e. The fourth-order valence-corrected chi connectivity index (χ4v) is 4.93. The van der Waals surface area contributed by atoms with E-state index in [1.165, 1.54) is 28.5 Å². The van der Waals surface area contributed by atoms with E-state index >= 15 is 0 Å². The molecule has 0 heterocycles. The van der Waals surface area contributed by atoms with Crippen molar-refractivity contribution in [3.05, 3.63) is 46.0 Å². The normalized spacial score (nSPS) is 18.0. The maximum absolute atomic E-state index is 12.8. The molecule has 1 fully saturated rings. The standard InChI is InChI=1S/C29H46O4S/c1-17(2)24-14-25(18(3)4)29(26(15-24)19(5)6)22(9)33-28(16-27(30)23-11-12-23)20(7)13-21(8)34(10,31)32/h13-15,17-19,21-23,28H,11-12,16H2,1-10H3/b20-13-/t21-,22-,28-/m0/s1. The summed E-state index contributed by atoms with van der Waals surface area (Å²) in [7, 11) is -3.21. The van der Waals surface area contributed by atoms with Crippen molar-refractivity contribution in [2.24, 2.45) is 5.92 Å². The van der Waals surface area contributed by atoms with Gasteiger partial charge in [0.2, 0.25) is 0 Å². The molecule has 0 unspecified atom stereocenters. The summed E-state index contributed by atoms with van der Waals surface area (Å²) in [5, 5.41) is -0.618. The first kappa shape index (κ1) is 28.8. The van der Waals surface area contributed by atoms with Gasteiger partial charge in [0.15, 0.2) is 9.84 Å². The Bertz CT molecular complexity index is 968. The predicted molar refractivity (Wildman–Crippen MR) is 142 cm³/mol.